The first kappa shape index (κ1) is 32.6. The van der Waals surface area contributed by atoms with Crippen LogP contribution in [-0.2, 0) is 29.0 Å². The highest BCUT2D eigenvalue weighted by atomic mass is 16.5. The first-order valence-corrected chi connectivity index (χ1v) is 15.0. The normalized spacial score (nSPS) is 11.7. The van der Waals surface area contributed by atoms with Crippen LogP contribution in [0.25, 0.3) is 0 Å². The van der Waals surface area contributed by atoms with Crippen molar-refractivity contribution in [1.82, 2.24) is 10.6 Å². The average Bonchev–Trinajstić information content (AvgIpc) is 3.38. The Morgan fingerprint density at radius 3 is 2.21 bits per heavy atom. The van der Waals surface area contributed by atoms with Crippen molar-refractivity contribution in [3.05, 3.63) is 113 Å². The summed E-state index contributed by atoms with van der Waals surface area (Å²) in [6.07, 6.45) is 2.66. The van der Waals surface area contributed by atoms with E-state index in [4.69, 9.17) is 18.9 Å². The third-order valence-electron chi connectivity index (χ3n) is 7.43. The van der Waals surface area contributed by atoms with E-state index in [2.05, 4.69) is 16.0 Å². The van der Waals surface area contributed by atoms with Gasteiger partial charge in [0.25, 0.3) is 23.6 Å². The van der Waals surface area contributed by atoms with Gasteiger partial charge in [-0.3, -0.25) is 24.5 Å². The fourth-order valence-electron chi connectivity index (χ4n) is 5.13. The number of fused-ring (bicyclic) bond motifs is 1. The third-order valence-corrected chi connectivity index (χ3v) is 7.43. The molecule has 242 valence electrons. The van der Waals surface area contributed by atoms with Crippen molar-refractivity contribution in [1.29, 1.82) is 0 Å². The lowest BCUT2D eigenvalue weighted by molar-refractivity contribution is -0.123. The number of hydrogen-bond donors (Lipinski definition) is 3. The summed E-state index contributed by atoms with van der Waals surface area (Å²) in [6.45, 7) is -0.275. The number of aryl methyl sites for hydroxylation is 2. The molecule has 1 heterocycles. The average molecular weight is 638 g/mol. The van der Waals surface area contributed by atoms with Gasteiger partial charge in [-0.2, -0.15) is 0 Å². The minimum atomic E-state index is -0.562. The Labute approximate surface area is 272 Å². The molecule has 11 nitrogen and oxygen atoms in total. The standard InChI is InChI=1S/C36H35N3O8/c1-44-29-16-15-24(19-31(29)45-2)8-3-7-23-9-5-12-27(18-23)46-21-32(40)37-20-25-10-4-11-26(17-25)38-33(41)22-47-30-14-6-13-28-34(30)36(43)39-35(28)42/h4-6,9-19H,3,7-8,20-22H2,1-2H3,(H,37,40)(H,38,41)(H,39,42,43). The highest BCUT2D eigenvalue weighted by Crippen LogP contribution is 2.29. The van der Waals surface area contributed by atoms with Crippen LogP contribution in [0.1, 0.15) is 43.8 Å². The van der Waals surface area contributed by atoms with E-state index >= 15 is 0 Å². The largest absolute Gasteiger partial charge is 0.493 e. The number of amides is 4. The molecule has 0 fully saturated rings. The van der Waals surface area contributed by atoms with Crippen molar-refractivity contribution in [2.24, 2.45) is 0 Å². The monoisotopic (exact) mass is 637 g/mol. The number of ether oxygens (including phenoxy) is 4. The van der Waals surface area contributed by atoms with Gasteiger partial charge in [-0.1, -0.05) is 36.4 Å². The van der Waals surface area contributed by atoms with Gasteiger partial charge in [0.05, 0.1) is 25.3 Å². The smallest absolute Gasteiger partial charge is 0.262 e. The zero-order chi connectivity index (χ0) is 33.2. The molecule has 0 spiro atoms. The molecule has 4 amide bonds. The van der Waals surface area contributed by atoms with Crippen LogP contribution in [0.3, 0.4) is 0 Å². The fraction of sp³-hybridized carbons (Fsp3) is 0.222. The van der Waals surface area contributed by atoms with Gasteiger partial charge >= 0.3 is 0 Å². The summed E-state index contributed by atoms with van der Waals surface area (Å²) in [6, 6.07) is 25.3. The number of carbonyl (C=O) groups excluding carboxylic acids is 4. The molecule has 0 unspecified atom stereocenters. The van der Waals surface area contributed by atoms with Crippen LogP contribution in [0.5, 0.6) is 23.0 Å². The molecule has 47 heavy (non-hydrogen) atoms. The van der Waals surface area contributed by atoms with Gasteiger partial charge in [-0.25, -0.2) is 0 Å². The van der Waals surface area contributed by atoms with E-state index in [0.717, 1.165) is 36.0 Å². The predicted molar refractivity (Wildman–Crippen MR) is 174 cm³/mol. The zero-order valence-electron chi connectivity index (χ0n) is 26.1. The highest BCUT2D eigenvalue weighted by molar-refractivity contribution is 6.22. The van der Waals surface area contributed by atoms with E-state index < -0.39 is 17.7 Å². The lowest BCUT2D eigenvalue weighted by atomic mass is 10.0. The molecule has 4 aromatic rings. The van der Waals surface area contributed by atoms with Crippen molar-refractivity contribution in [2.75, 3.05) is 32.8 Å². The molecule has 0 saturated carbocycles. The second-order valence-corrected chi connectivity index (χ2v) is 10.8. The van der Waals surface area contributed by atoms with Crippen LogP contribution in [0, 0.1) is 0 Å². The molecule has 3 N–H and O–H groups in total. The Morgan fingerprint density at radius 2 is 1.40 bits per heavy atom. The lowest BCUT2D eigenvalue weighted by Gasteiger charge is -2.11. The molecular formula is C36H35N3O8. The molecule has 0 atom stereocenters. The number of rotatable bonds is 15. The minimum absolute atomic E-state index is 0.113. The second-order valence-electron chi connectivity index (χ2n) is 10.8. The summed E-state index contributed by atoms with van der Waals surface area (Å²) in [4.78, 5) is 48.9. The third kappa shape index (κ3) is 8.66. The Balaban J connectivity index is 1.04. The topological polar surface area (TPSA) is 141 Å². The Kier molecular flexibility index (Phi) is 10.7. The number of hydrogen-bond acceptors (Lipinski definition) is 8. The summed E-state index contributed by atoms with van der Waals surface area (Å²) < 4.78 is 22.0. The van der Waals surface area contributed by atoms with Gasteiger partial charge in [0.2, 0.25) is 0 Å². The van der Waals surface area contributed by atoms with Crippen LogP contribution in [0.2, 0.25) is 0 Å². The van der Waals surface area contributed by atoms with Crippen LogP contribution in [0.15, 0.2) is 84.9 Å². The van der Waals surface area contributed by atoms with E-state index in [9.17, 15) is 19.2 Å². The molecule has 11 heteroatoms. The Morgan fingerprint density at radius 1 is 0.681 bits per heavy atom. The fourth-order valence-corrected chi connectivity index (χ4v) is 5.13. The van der Waals surface area contributed by atoms with E-state index in [1.54, 1.807) is 38.5 Å². The lowest BCUT2D eigenvalue weighted by Crippen LogP contribution is -2.28. The number of imide groups is 1. The molecule has 1 aliphatic heterocycles. The van der Waals surface area contributed by atoms with Crippen LogP contribution in [-0.4, -0.2) is 51.1 Å². The molecule has 1 aliphatic rings. The Bertz CT molecular complexity index is 1790. The minimum Gasteiger partial charge on any atom is -0.493 e. The molecule has 4 aromatic carbocycles. The van der Waals surface area contributed by atoms with Gasteiger partial charge in [0, 0.05) is 12.2 Å². The van der Waals surface area contributed by atoms with Crippen LogP contribution in [0.4, 0.5) is 5.69 Å². The first-order chi connectivity index (χ1) is 22.8. The summed E-state index contributed by atoms with van der Waals surface area (Å²) in [5.41, 5.74) is 3.87. The van der Waals surface area contributed by atoms with E-state index in [1.165, 1.54) is 12.1 Å². The van der Waals surface area contributed by atoms with Crippen LogP contribution < -0.4 is 34.9 Å². The number of nitrogens with one attached hydrogen (secondary N) is 3. The van der Waals surface area contributed by atoms with Crippen molar-refractivity contribution in [2.45, 2.75) is 25.8 Å². The SMILES string of the molecule is COc1ccc(CCCc2cccc(OCC(=O)NCc3cccc(NC(=O)COc4cccc5c4C(=O)NC5=O)c3)c2)cc1OC. The van der Waals surface area contributed by atoms with Crippen LogP contribution >= 0.6 is 0 Å². The molecular weight excluding hydrogens is 602 g/mol. The van der Waals surface area contributed by atoms with Gasteiger partial charge in [-0.15, -0.1) is 0 Å². The number of anilines is 1. The van der Waals surface area contributed by atoms with Gasteiger partial charge in [0.15, 0.2) is 24.7 Å². The van der Waals surface area contributed by atoms with E-state index in [1.807, 2.05) is 48.5 Å². The zero-order valence-corrected chi connectivity index (χ0v) is 26.1. The van der Waals surface area contributed by atoms with Crippen molar-refractivity contribution < 1.29 is 38.1 Å². The maximum absolute atomic E-state index is 12.5. The van der Waals surface area contributed by atoms with Gasteiger partial charge in [0.1, 0.15) is 11.5 Å². The molecule has 0 saturated heterocycles. The number of carbonyl (C=O) groups is 4. The first-order valence-electron chi connectivity index (χ1n) is 15.0. The summed E-state index contributed by atoms with van der Waals surface area (Å²) in [5, 5.41) is 7.77. The number of benzene rings is 4. The van der Waals surface area contributed by atoms with Crippen molar-refractivity contribution in [3.8, 4) is 23.0 Å². The molecule has 0 aliphatic carbocycles. The van der Waals surface area contributed by atoms with E-state index in [0.29, 0.717) is 22.9 Å². The Hall–Kier alpha value is -5.84. The maximum atomic E-state index is 12.5. The number of methoxy groups -OCH3 is 2. The van der Waals surface area contributed by atoms with E-state index in [-0.39, 0.29) is 42.5 Å². The van der Waals surface area contributed by atoms with Crippen molar-refractivity contribution in [3.63, 3.8) is 0 Å². The highest BCUT2D eigenvalue weighted by Gasteiger charge is 2.30. The maximum Gasteiger partial charge on any atom is 0.262 e. The predicted octanol–water partition coefficient (Wildman–Crippen LogP) is 4.48. The molecule has 5 rings (SSSR count). The summed E-state index contributed by atoms with van der Waals surface area (Å²) >= 11 is 0. The molecule has 0 bridgehead atoms. The quantitative estimate of drug-likeness (QED) is 0.162. The summed E-state index contributed by atoms with van der Waals surface area (Å²) in [5.74, 6) is 0.379. The van der Waals surface area contributed by atoms with Crippen molar-refractivity contribution >= 4 is 29.3 Å². The second kappa shape index (κ2) is 15.4. The van der Waals surface area contributed by atoms with Gasteiger partial charge in [-0.05, 0) is 84.5 Å². The summed E-state index contributed by atoms with van der Waals surface area (Å²) in [7, 11) is 3.24. The van der Waals surface area contributed by atoms with Gasteiger partial charge < -0.3 is 29.6 Å². The molecule has 0 aromatic heterocycles. The molecule has 0 radical (unpaired) electrons.